The zero-order valence-electron chi connectivity index (χ0n) is 18.4. The first-order valence-corrected chi connectivity index (χ1v) is 11.8. The summed E-state index contributed by atoms with van der Waals surface area (Å²) in [5, 5.41) is 0. The number of carbonyl (C=O) groups is 1. The smallest absolute Gasteiger partial charge is 0.276 e. The Labute approximate surface area is 178 Å². The molecule has 7 nitrogen and oxygen atoms in total. The molecule has 0 atom stereocenters. The number of piperidine rings is 1. The van der Waals surface area contributed by atoms with Crippen LogP contribution in [0.15, 0.2) is 33.6 Å². The molecule has 0 radical (unpaired) electrons. The van der Waals surface area contributed by atoms with Crippen LogP contribution >= 0.6 is 0 Å². The molecule has 30 heavy (non-hydrogen) atoms. The molecule has 1 saturated heterocycles. The van der Waals surface area contributed by atoms with Gasteiger partial charge in [-0.05, 0) is 48.8 Å². The molecular weight excluding hydrogens is 402 g/mol. The van der Waals surface area contributed by atoms with Crippen LogP contribution < -0.4 is 4.72 Å². The predicted octanol–water partition coefficient (Wildman–Crippen LogP) is 3.63. The van der Waals surface area contributed by atoms with Crippen molar-refractivity contribution in [3.63, 3.8) is 0 Å². The van der Waals surface area contributed by atoms with Gasteiger partial charge >= 0.3 is 0 Å². The second-order valence-electron chi connectivity index (χ2n) is 9.09. The van der Waals surface area contributed by atoms with Crippen molar-refractivity contribution in [2.24, 2.45) is 5.92 Å². The van der Waals surface area contributed by atoms with Gasteiger partial charge in [0.25, 0.3) is 5.91 Å². The molecular formula is C22H31N3O4S. The molecule has 0 aliphatic carbocycles. The SMILES string of the molecule is Cc1oc(CNS(=O)(=O)c2ccc(C(C)(C)C)cc2)nc1C(=O)N1CCC(C)CC1. The van der Waals surface area contributed by atoms with E-state index in [0.717, 1.165) is 18.4 Å². The fourth-order valence-corrected chi connectivity index (χ4v) is 4.44. The van der Waals surface area contributed by atoms with E-state index in [2.05, 4.69) is 37.4 Å². The highest BCUT2D eigenvalue weighted by molar-refractivity contribution is 7.89. The number of sulfonamides is 1. The molecule has 2 heterocycles. The third kappa shape index (κ3) is 5.10. The molecule has 1 fully saturated rings. The van der Waals surface area contributed by atoms with Crippen LogP contribution in [-0.2, 0) is 22.0 Å². The highest BCUT2D eigenvalue weighted by atomic mass is 32.2. The molecule has 0 saturated carbocycles. The van der Waals surface area contributed by atoms with Gasteiger partial charge in [-0.3, -0.25) is 4.79 Å². The highest BCUT2D eigenvalue weighted by Gasteiger charge is 2.26. The van der Waals surface area contributed by atoms with E-state index < -0.39 is 10.0 Å². The minimum atomic E-state index is -3.72. The molecule has 0 unspecified atom stereocenters. The lowest BCUT2D eigenvalue weighted by Crippen LogP contribution is -2.38. The Bertz CT molecular complexity index is 996. The number of amides is 1. The number of aromatic nitrogens is 1. The summed E-state index contributed by atoms with van der Waals surface area (Å²) in [6.45, 7) is 11.4. The Hall–Kier alpha value is -2.19. The van der Waals surface area contributed by atoms with Gasteiger partial charge in [0.15, 0.2) is 5.69 Å². The van der Waals surface area contributed by atoms with E-state index in [-0.39, 0.29) is 34.3 Å². The maximum atomic E-state index is 12.7. The molecule has 164 valence electrons. The van der Waals surface area contributed by atoms with Gasteiger partial charge in [0.2, 0.25) is 15.9 Å². The molecule has 0 bridgehead atoms. The van der Waals surface area contributed by atoms with Gasteiger partial charge in [-0.2, -0.15) is 0 Å². The fourth-order valence-electron chi connectivity index (χ4n) is 3.46. The summed E-state index contributed by atoms with van der Waals surface area (Å²) in [4.78, 5) is 19.0. The number of hydrogen-bond acceptors (Lipinski definition) is 5. The average molecular weight is 434 g/mol. The quantitative estimate of drug-likeness (QED) is 0.777. The predicted molar refractivity (Wildman–Crippen MR) is 115 cm³/mol. The molecule has 2 aromatic rings. The van der Waals surface area contributed by atoms with E-state index in [1.54, 1.807) is 24.0 Å². The lowest BCUT2D eigenvalue weighted by molar-refractivity contribution is 0.0690. The summed E-state index contributed by atoms with van der Waals surface area (Å²) in [6, 6.07) is 6.83. The van der Waals surface area contributed by atoms with Gasteiger partial charge in [-0.1, -0.05) is 39.8 Å². The molecule has 1 N–H and O–H groups in total. The maximum Gasteiger partial charge on any atom is 0.276 e. The van der Waals surface area contributed by atoms with E-state index in [4.69, 9.17) is 4.42 Å². The molecule has 1 aromatic carbocycles. The van der Waals surface area contributed by atoms with Crippen LogP contribution in [0.5, 0.6) is 0 Å². The van der Waals surface area contributed by atoms with Gasteiger partial charge in [0.05, 0.1) is 11.4 Å². The Morgan fingerprint density at radius 1 is 1.20 bits per heavy atom. The molecule has 1 aliphatic heterocycles. The van der Waals surface area contributed by atoms with Gasteiger partial charge in [0.1, 0.15) is 5.76 Å². The number of nitrogens with zero attached hydrogens (tertiary/aromatic N) is 2. The van der Waals surface area contributed by atoms with Crippen molar-refractivity contribution in [3.05, 3.63) is 47.2 Å². The Morgan fingerprint density at radius 2 is 1.80 bits per heavy atom. The van der Waals surface area contributed by atoms with Crippen molar-refractivity contribution in [2.75, 3.05) is 13.1 Å². The third-order valence-electron chi connectivity index (χ3n) is 5.56. The van der Waals surface area contributed by atoms with Crippen molar-refractivity contribution < 1.29 is 17.6 Å². The second-order valence-corrected chi connectivity index (χ2v) is 10.9. The molecule has 0 spiro atoms. The Morgan fingerprint density at radius 3 is 2.37 bits per heavy atom. The number of carbonyl (C=O) groups excluding carboxylic acids is 1. The van der Waals surface area contributed by atoms with E-state index in [0.29, 0.717) is 24.8 Å². The molecule has 1 aliphatic rings. The van der Waals surface area contributed by atoms with E-state index in [1.165, 1.54) is 0 Å². The van der Waals surface area contributed by atoms with Crippen molar-refractivity contribution in [1.82, 2.24) is 14.6 Å². The summed E-state index contributed by atoms with van der Waals surface area (Å²) in [6.07, 6.45) is 1.95. The second kappa shape index (κ2) is 8.51. The number of rotatable bonds is 5. The van der Waals surface area contributed by atoms with Crippen molar-refractivity contribution in [2.45, 2.75) is 64.3 Å². The largest absolute Gasteiger partial charge is 0.444 e. The van der Waals surface area contributed by atoms with Crippen LogP contribution in [0, 0.1) is 12.8 Å². The average Bonchev–Trinajstić information content (AvgIpc) is 3.07. The van der Waals surface area contributed by atoms with Crippen LogP contribution in [0.3, 0.4) is 0 Å². The zero-order chi connectivity index (χ0) is 22.1. The van der Waals surface area contributed by atoms with Crippen molar-refractivity contribution in [1.29, 1.82) is 0 Å². The van der Waals surface area contributed by atoms with E-state index in [1.807, 2.05) is 12.1 Å². The number of benzene rings is 1. The van der Waals surface area contributed by atoms with Crippen molar-refractivity contribution >= 4 is 15.9 Å². The Balaban J connectivity index is 1.67. The number of hydrogen-bond donors (Lipinski definition) is 1. The monoisotopic (exact) mass is 433 g/mol. The van der Waals surface area contributed by atoms with Gasteiger partial charge in [-0.15, -0.1) is 0 Å². The molecule has 1 amide bonds. The lowest BCUT2D eigenvalue weighted by Gasteiger charge is -2.29. The van der Waals surface area contributed by atoms with Crippen LogP contribution in [0.25, 0.3) is 0 Å². The standard InChI is InChI=1S/C22H31N3O4S/c1-15-10-12-25(13-11-15)21(26)20-16(2)29-19(24-20)14-23-30(27,28)18-8-6-17(7-9-18)22(3,4)5/h6-9,15,23H,10-14H2,1-5H3. The zero-order valence-corrected chi connectivity index (χ0v) is 19.2. The van der Waals surface area contributed by atoms with E-state index >= 15 is 0 Å². The minimum Gasteiger partial charge on any atom is -0.444 e. The first-order chi connectivity index (χ1) is 14.0. The van der Waals surface area contributed by atoms with Gasteiger partial charge in [-0.25, -0.2) is 18.1 Å². The summed E-state index contributed by atoms with van der Waals surface area (Å²) < 4.78 is 33.3. The molecule has 3 rings (SSSR count). The Kier molecular flexibility index (Phi) is 6.38. The van der Waals surface area contributed by atoms with Gasteiger partial charge < -0.3 is 9.32 Å². The number of nitrogens with one attached hydrogen (secondary N) is 1. The first kappa shape index (κ1) is 22.5. The molecule has 8 heteroatoms. The number of oxazole rings is 1. The fraction of sp³-hybridized carbons (Fsp3) is 0.545. The summed E-state index contributed by atoms with van der Waals surface area (Å²) in [7, 11) is -3.72. The van der Waals surface area contributed by atoms with Crippen LogP contribution in [-0.4, -0.2) is 37.3 Å². The normalized spacial score (nSPS) is 16.1. The van der Waals surface area contributed by atoms with Crippen LogP contribution in [0.1, 0.15) is 68.2 Å². The number of aryl methyl sites for hydroxylation is 1. The molecule has 1 aromatic heterocycles. The van der Waals surface area contributed by atoms with Crippen molar-refractivity contribution in [3.8, 4) is 0 Å². The maximum absolute atomic E-state index is 12.7. The minimum absolute atomic E-state index is 0.0549. The van der Waals surface area contributed by atoms with E-state index in [9.17, 15) is 13.2 Å². The summed E-state index contributed by atoms with van der Waals surface area (Å²) in [5.41, 5.74) is 1.26. The first-order valence-electron chi connectivity index (χ1n) is 10.3. The third-order valence-corrected chi connectivity index (χ3v) is 6.98. The van der Waals surface area contributed by atoms with Gasteiger partial charge in [0, 0.05) is 13.1 Å². The highest BCUT2D eigenvalue weighted by Crippen LogP contribution is 2.24. The van der Waals surface area contributed by atoms with Crippen LogP contribution in [0.2, 0.25) is 0 Å². The summed E-state index contributed by atoms with van der Waals surface area (Å²) in [5.74, 6) is 1.04. The lowest BCUT2D eigenvalue weighted by atomic mass is 9.87. The number of likely N-dealkylation sites (tertiary alicyclic amines) is 1. The topological polar surface area (TPSA) is 92.5 Å². The summed E-state index contributed by atoms with van der Waals surface area (Å²) >= 11 is 0. The van der Waals surface area contributed by atoms with Crippen LogP contribution in [0.4, 0.5) is 0 Å².